The van der Waals surface area contributed by atoms with Crippen molar-refractivity contribution in [1.82, 2.24) is 9.80 Å². The summed E-state index contributed by atoms with van der Waals surface area (Å²) in [5.41, 5.74) is 5.78. The Morgan fingerprint density at radius 3 is 2.57 bits per heavy atom. The third-order valence-corrected chi connectivity index (χ3v) is 5.39. The van der Waals surface area contributed by atoms with Crippen molar-refractivity contribution < 1.29 is 14.3 Å². The molecule has 134 valence electrons. The molecule has 1 amide bonds. The molecule has 1 unspecified atom stereocenters. The van der Waals surface area contributed by atoms with Crippen molar-refractivity contribution in [1.29, 1.82) is 0 Å². The number of rotatable bonds is 10. The highest BCUT2D eigenvalue weighted by Gasteiger charge is 2.30. The van der Waals surface area contributed by atoms with Crippen LogP contribution in [0.1, 0.15) is 25.7 Å². The summed E-state index contributed by atoms with van der Waals surface area (Å²) < 4.78 is 5.30. The minimum atomic E-state index is -0.562. The maximum atomic E-state index is 12.3. The first-order valence-electron chi connectivity index (χ1n) is 8.40. The average Bonchev–Trinajstić information content (AvgIpc) is 2.53. The van der Waals surface area contributed by atoms with Gasteiger partial charge in [-0.25, -0.2) is 0 Å². The molecule has 23 heavy (non-hydrogen) atoms. The SMILES string of the molecule is COCC1CN(C(=O)CCCCCN)CCN1CC(=O)P(C)C. The van der Waals surface area contributed by atoms with Gasteiger partial charge in [0, 0.05) is 33.2 Å². The number of carbonyl (C=O) groups excluding carboxylic acids is 2. The van der Waals surface area contributed by atoms with Gasteiger partial charge < -0.3 is 15.4 Å². The molecule has 1 aliphatic rings. The zero-order valence-corrected chi connectivity index (χ0v) is 15.7. The molecule has 2 N–H and O–H groups in total. The summed E-state index contributed by atoms with van der Waals surface area (Å²) in [5.74, 6) is 0.210. The Morgan fingerprint density at radius 1 is 1.22 bits per heavy atom. The van der Waals surface area contributed by atoms with Crippen LogP contribution in [-0.4, -0.2) is 87.0 Å². The van der Waals surface area contributed by atoms with E-state index in [2.05, 4.69) is 4.90 Å². The summed E-state index contributed by atoms with van der Waals surface area (Å²) in [4.78, 5) is 28.5. The summed E-state index contributed by atoms with van der Waals surface area (Å²) in [6, 6.07) is 0.112. The molecule has 7 heteroatoms. The highest BCUT2D eigenvalue weighted by molar-refractivity contribution is 7.73. The van der Waals surface area contributed by atoms with Gasteiger partial charge in [-0.15, -0.1) is 0 Å². The Hall–Kier alpha value is -0.550. The highest BCUT2D eigenvalue weighted by atomic mass is 31.1. The van der Waals surface area contributed by atoms with Crippen molar-refractivity contribution in [2.24, 2.45) is 5.73 Å². The number of amides is 1. The van der Waals surface area contributed by atoms with Crippen LogP contribution in [0.25, 0.3) is 0 Å². The standard InChI is InChI=1S/C16H32N3O3P/c1-22-13-14-11-19(15(20)7-5-4-6-8-17)10-9-18(14)12-16(21)23(2)3/h14H,4-13,17H2,1-3H3. The maximum absolute atomic E-state index is 12.3. The minimum absolute atomic E-state index is 0.112. The average molecular weight is 345 g/mol. The molecular weight excluding hydrogens is 313 g/mol. The minimum Gasteiger partial charge on any atom is -0.383 e. The van der Waals surface area contributed by atoms with Gasteiger partial charge in [-0.05, 0) is 40.6 Å². The third kappa shape index (κ3) is 7.25. The number of nitrogens with two attached hydrogens (primary N) is 1. The molecule has 0 bridgehead atoms. The van der Waals surface area contributed by atoms with E-state index in [1.165, 1.54) is 0 Å². The molecule has 1 aliphatic heterocycles. The molecular formula is C16H32N3O3P. The molecule has 0 aliphatic carbocycles. The fourth-order valence-electron chi connectivity index (χ4n) is 2.75. The van der Waals surface area contributed by atoms with Crippen molar-refractivity contribution in [2.75, 3.05) is 59.8 Å². The number of hydrogen-bond acceptors (Lipinski definition) is 5. The lowest BCUT2D eigenvalue weighted by Gasteiger charge is -2.41. The Labute approximate surface area is 141 Å². The molecule has 0 saturated carbocycles. The van der Waals surface area contributed by atoms with E-state index in [9.17, 15) is 9.59 Å². The smallest absolute Gasteiger partial charge is 0.222 e. The van der Waals surface area contributed by atoms with E-state index in [1.807, 2.05) is 18.2 Å². The van der Waals surface area contributed by atoms with E-state index in [-0.39, 0.29) is 11.9 Å². The number of carbonyl (C=O) groups is 2. The normalized spacial score (nSPS) is 19.3. The van der Waals surface area contributed by atoms with Gasteiger partial charge >= 0.3 is 0 Å². The van der Waals surface area contributed by atoms with E-state index in [0.29, 0.717) is 44.7 Å². The Morgan fingerprint density at radius 2 is 1.96 bits per heavy atom. The largest absolute Gasteiger partial charge is 0.383 e. The fraction of sp³-hybridized carbons (Fsp3) is 0.875. The monoisotopic (exact) mass is 345 g/mol. The molecule has 0 aromatic heterocycles. The van der Waals surface area contributed by atoms with Crippen molar-refractivity contribution >= 4 is 19.4 Å². The summed E-state index contributed by atoms with van der Waals surface area (Å²) >= 11 is 0. The van der Waals surface area contributed by atoms with E-state index < -0.39 is 7.92 Å². The summed E-state index contributed by atoms with van der Waals surface area (Å²) in [6.07, 6.45) is 3.48. The van der Waals surface area contributed by atoms with Crippen molar-refractivity contribution in [3.05, 3.63) is 0 Å². The molecule has 0 aromatic rings. The van der Waals surface area contributed by atoms with Gasteiger partial charge in [0.05, 0.1) is 19.2 Å². The second-order valence-electron chi connectivity index (χ2n) is 6.31. The van der Waals surface area contributed by atoms with Crippen molar-refractivity contribution in [2.45, 2.75) is 31.7 Å². The summed E-state index contributed by atoms with van der Waals surface area (Å²) in [7, 11) is 1.10. The van der Waals surface area contributed by atoms with E-state index in [0.717, 1.165) is 25.8 Å². The first-order chi connectivity index (χ1) is 11.0. The van der Waals surface area contributed by atoms with Crippen molar-refractivity contribution in [3.63, 3.8) is 0 Å². The van der Waals surface area contributed by atoms with Gasteiger partial charge in [-0.3, -0.25) is 14.5 Å². The Kier molecular flexibility index (Phi) is 9.88. The third-order valence-electron chi connectivity index (χ3n) is 4.25. The van der Waals surface area contributed by atoms with Crippen molar-refractivity contribution in [3.8, 4) is 0 Å². The van der Waals surface area contributed by atoms with Gasteiger partial charge in [0.2, 0.25) is 5.91 Å². The van der Waals surface area contributed by atoms with Crippen LogP contribution in [0.3, 0.4) is 0 Å². The quantitative estimate of drug-likeness (QED) is 0.471. The van der Waals surface area contributed by atoms with Gasteiger partial charge in [0.15, 0.2) is 5.52 Å². The van der Waals surface area contributed by atoms with Gasteiger partial charge in [-0.1, -0.05) is 6.42 Å². The lowest BCUT2D eigenvalue weighted by Crippen LogP contribution is -2.57. The molecule has 0 radical (unpaired) electrons. The lowest BCUT2D eigenvalue weighted by molar-refractivity contribution is -0.135. The molecule has 1 fully saturated rings. The zero-order chi connectivity index (χ0) is 17.2. The number of ether oxygens (including phenoxy) is 1. The maximum Gasteiger partial charge on any atom is 0.222 e. The molecule has 6 nitrogen and oxygen atoms in total. The predicted molar refractivity (Wildman–Crippen MR) is 95.1 cm³/mol. The number of unbranched alkanes of at least 4 members (excludes halogenated alkanes) is 2. The van der Waals surface area contributed by atoms with Crippen LogP contribution in [0.15, 0.2) is 0 Å². The Bertz CT molecular complexity index is 380. The number of nitrogens with zero attached hydrogens (tertiary/aromatic N) is 2. The number of methoxy groups -OCH3 is 1. The van der Waals surface area contributed by atoms with Crippen LogP contribution in [0.5, 0.6) is 0 Å². The van der Waals surface area contributed by atoms with Crippen LogP contribution < -0.4 is 5.73 Å². The molecule has 1 heterocycles. The van der Waals surface area contributed by atoms with Gasteiger partial charge in [-0.2, -0.15) is 0 Å². The van der Waals surface area contributed by atoms with Crippen LogP contribution in [0.4, 0.5) is 0 Å². The number of piperazine rings is 1. The lowest BCUT2D eigenvalue weighted by atomic mass is 10.1. The second kappa shape index (κ2) is 11.1. The number of hydrogen-bond donors (Lipinski definition) is 1. The molecule has 0 aromatic carbocycles. The second-order valence-corrected chi connectivity index (χ2v) is 8.59. The van der Waals surface area contributed by atoms with Crippen LogP contribution in [-0.2, 0) is 14.3 Å². The van der Waals surface area contributed by atoms with Crippen LogP contribution in [0.2, 0.25) is 0 Å². The molecule has 1 saturated heterocycles. The Balaban J connectivity index is 2.50. The molecule has 1 atom stereocenters. The van der Waals surface area contributed by atoms with Gasteiger partial charge in [0.25, 0.3) is 0 Å². The summed E-state index contributed by atoms with van der Waals surface area (Å²) in [5, 5.41) is 0. The van der Waals surface area contributed by atoms with E-state index in [1.54, 1.807) is 7.11 Å². The van der Waals surface area contributed by atoms with E-state index in [4.69, 9.17) is 10.5 Å². The summed E-state index contributed by atoms with van der Waals surface area (Å²) in [6.45, 7) is 7.80. The first-order valence-corrected chi connectivity index (χ1v) is 10.6. The first kappa shape index (κ1) is 20.5. The fourth-order valence-corrected chi connectivity index (χ4v) is 3.21. The zero-order valence-electron chi connectivity index (χ0n) is 14.8. The molecule has 0 spiro atoms. The van der Waals surface area contributed by atoms with Crippen LogP contribution >= 0.6 is 7.92 Å². The van der Waals surface area contributed by atoms with E-state index >= 15 is 0 Å². The highest BCUT2D eigenvalue weighted by Crippen LogP contribution is 2.26. The van der Waals surface area contributed by atoms with Crippen LogP contribution in [0, 0.1) is 0 Å². The van der Waals surface area contributed by atoms with Gasteiger partial charge in [0.1, 0.15) is 0 Å². The molecule has 1 rings (SSSR count). The predicted octanol–water partition coefficient (Wildman–Crippen LogP) is 0.933. The topological polar surface area (TPSA) is 75.9 Å².